The molecule has 0 saturated heterocycles. The van der Waals surface area contributed by atoms with Gasteiger partial charge >= 0.3 is 0 Å². The van der Waals surface area contributed by atoms with E-state index < -0.39 is 5.41 Å². The Hall–Kier alpha value is -6.62. The molecule has 0 fully saturated rings. The Kier molecular flexibility index (Phi) is 7.27. The smallest absolute Gasteiger partial charge is 0.264 e. The summed E-state index contributed by atoms with van der Waals surface area (Å²) < 4.78 is 2.74. The van der Waals surface area contributed by atoms with Gasteiger partial charge in [-0.3, -0.25) is 0 Å². The van der Waals surface area contributed by atoms with Crippen molar-refractivity contribution >= 4 is 78.0 Å². The van der Waals surface area contributed by atoms with Gasteiger partial charge in [0.1, 0.15) is 0 Å². The van der Waals surface area contributed by atoms with E-state index in [0.717, 1.165) is 0 Å². The Morgan fingerprint density at radius 1 is 0.484 bits per heavy atom. The summed E-state index contributed by atoms with van der Waals surface area (Å²) in [5.74, 6) is 0. The van der Waals surface area contributed by atoms with E-state index in [1.54, 1.807) is 0 Å². The molecule has 4 heteroatoms. The zero-order valence-electron chi connectivity index (χ0n) is 36.0. The lowest BCUT2D eigenvalue weighted by Crippen LogP contribution is -2.60. The first-order valence-electron chi connectivity index (χ1n) is 22.0. The van der Waals surface area contributed by atoms with Gasteiger partial charge in [0.15, 0.2) is 0 Å². The predicted octanol–water partition coefficient (Wildman–Crippen LogP) is 13.6. The van der Waals surface area contributed by atoms with Gasteiger partial charge in [-0.2, -0.15) is 0 Å². The molecule has 13 rings (SSSR count). The van der Waals surface area contributed by atoms with Crippen LogP contribution in [0.2, 0.25) is 0 Å². The molecule has 0 atom stereocenters. The molecule has 1 aromatic heterocycles. The molecule has 1 spiro atoms. The summed E-state index contributed by atoms with van der Waals surface area (Å²) in [7, 11) is 0. The van der Waals surface area contributed by atoms with Crippen LogP contribution < -0.4 is 25.5 Å². The Balaban J connectivity index is 1.15. The number of rotatable bonds is 2. The molecular weight excluding hydrogens is 768 g/mol. The van der Waals surface area contributed by atoms with Crippen LogP contribution in [-0.2, 0) is 10.8 Å². The lowest BCUT2D eigenvalue weighted by Gasteiger charge is -2.43. The molecule has 3 heterocycles. The predicted molar refractivity (Wildman–Crippen MR) is 265 cm³/mol. The molecule has 4 aliphatic rings. The number of fused-ring (bicyclic) bond motifs is 16. The fourth-order valence-corrected chi connectivity index (χ4v) is 12.9. The second kappa shape index (κ2) is 12.5. The van der Waals surface area contributed by atoms with Crippen molar-refractivity contribution in [3.05, 3.63) is 208 Å². The van der Waals surface area contributed by atoms with Crippen molar-refractivity contribution in [2.24, 2.45) is 0 Å². The lowest BCUT2D eigenvalue weighted by molar-refractivity contribution is 0.588. The van der Waals surface area contributed by atoms with E-state index in [1.165, 1.54) is 127 Å². The molecule has 0 unspecified atom stereocenters. The summed E-state index contributed by atoms with van der Waals surface area (Å²) in [6.07, 6.45) is 0. The van der Waals surface area contributed by atoms with Crippen LogP contribution in [0.4, 0.5) is 34.1 Å². The maximum atomic E-state index is 2.61. The fraction of sp³-hybridized carbons (Fsp3) is 0.138. The quantitative estimate of drug-likeness (QED) is 0.160. The Labute approximate surface area is 368 Å². The maximum absolute atomic E-state index is 2.61. The molecule has 2 aliphatic heterocycles. The van der Waals surface area contributed by atoms with Crippen molar-refractivity contribution in [1.82, 2.24) is 0 Å². The molecule has 0 bridgehead atoms. The van der Waals surface area contributed by atoms with E-state index in [0.29, 0.717) is 0 Å². The second-order valence-electron chi connectivity index (χ2n) is 19.1. The Morgan fingerprint density at radius 3 is 1.71 bits per heavy atom. The number of benzene rings is 8. The van der Waals surface area contributed by atoms with E-state index in [-0.39, 0.29) is 12.1 Å². The highest BCUT2D eigenvalue weighted by atomic mass is 32.1. The minimum Gasteiger partial charge on any atom is -0.311 e. The van der Waals surface area contributed by atoms with Crippen LogP contribution in [0.5, 0.6) is 0 Å². The monoisotopic (exact) mass is 812 g/mol. The van der Waals surface area contributed by atoms with Crippen LogP contribution in [0.15, 0.2) is 164 Å². The van der Waals surface area contributed by atoms with E-state index in [2.05, 4.69) is 215 Å². The molecule has 0 N–H and O–H groups in total. The molecular formula is C58H45BN2S. The first-order chi connectivity index (χ1) is 30.1. The summed E-state index contributed by atoms with van der Waals surface area (Å²) in [6, 6.07) is 63.2. The van der Waals surface area contributed by atoms with Crippen LogP contribution in [0.25, 0.3) is 32.3 Å². The minimum absolute atomic E-state index is 0.00624. The molecule has 2 aliphatic carbocycles. The highest BCUT2D eigenvalue weighted by Gasteiger charge is 2.53. The molecule has 296 valence electrons. The molecule has 62 heavy (non-hydrogen) atoms. The van der Waals surface area contributed by atoms with Crippen molar-refractivity contribution in [1.29, 1.82) is 0 Å². The van der Waals surface area contributed by atoms with Gasteiger partial charge in [0.2, 0.25) is 0 Å². The summed E-state index contributed by atoms with van der Waals surface area (Å²) in [5.41, 5.74) is 25.9. The van der Waals surface area contributed by atoms with Gasteiger partial charge in [0.05, 0.1) is 11.1 Å². The zero-order valence-corrected chi connectivity index (χ0v) is 36.8. The van der Waals surface area contributed by atoms with Crippen LogP contribution in [0, 0.1) is 20.8 Å². The number of hydrogen-bond donors (Lipinski definition) is 0. The summed E-state index contributed by atoms with van der Waals surface area (Å²) in [4.78, 5) is 5.12. The molecule has 9 aromatic rings. The average Bonchev–Trinajstić information content (AvgIpc) is 3.89. The van der Waals surface area contributed by atoms with Crippen LogP contribution >= 0.6 is 11.3 Å². The van der Waals surface area contributed by atoms with Gasteiger partial charge in [0, 0.05) is 43.3 Å². The number of aryl methyl sites for hydroxylation is 3. The van der Waals surface area contributed by atoms with E-state index in [9.17, 15) is 0 Å². The zero-order chi connectivity index (χ0) is 41.8. The Morgan fingerprint density at radius 2 is 1.05 bits per heavy atom. The van der Waals surface area contributed by atoms with Gasteiger partial charge in [0.25, 0.3) is 6.71 Å². The molecule has 0 radical (unpaired) electrons. The van der Waals surface area contributed by atoms with Crippen molar-refractivity contribution in [2.75, 3.05) is 9.80 Å². The first-order valence-corrected chi connectivity index (χ1v) is 22.9. The topological polar surface area (TPSA) is 6.48 Å². The largest absolute Gasteiger partial charge is 0.311 e. The van der Waals surface area contributed by atoms with Gasteiger partial charge in [-0.25, -0.2) is 0 Å². The third-order valence-electron chi connectivity index (χ3n) is 14.4. The third-order valence-corrected chi connectivity index (χ3v) is 15.6. The summed E-state index contributed by atoms with van der Waals surface area (Å²) in [6.45, 7) is 13.7. The number of hydrogen-bond acceptors (Lipinski definition) is 3. The standard InChI is InChI=1S/C58H45BN2S/c1-34-19-24-38(25-20-34)60-50-18-12-11-17-49(50)59-54-51(60)29-36(3)30-52(54)61(39-26-21-35(2)22-27-39)55-44-32-43-42-28-23-37(57(4,5)6)31-47(42)58(48(43)33-53(44)62-56(55)59)45-15-9-7-13-40(45)41-14-8-10-16-46(41)58/h7-33H,1-6H3. The van der Waals surface area contributed by atoms with Crippen molar-refractivity contribution in [2.45, 2.75) is 52.4 Å². The number of thiophene rings is 1. The van der Waals surface area contributed by atoms with Gasteiger partial charge in [-0.15, -0.1) is 11.3 Å². The molecule has 2 nitrogen and oxygen atoms in total. The van der Waals surface area contributed by atoms with Crippen molar-refractivity contribution in [3.63, 3.8) is 0 Å². The normalized spacial score (nSPS) is 14.6. The lowest BCUT2D eigenvalue weighted by atomic mass is 9.36. The van der Waals surface area contributed by atoms with Gasteiger partial charge < -0.3 is 9.80 Å². The van der Waals surface area contributed by atoms with Crippen LogP contribution in [0.1, 0.15) is 65.3 Å². The van der Waals surface area contributed by atoms with E-state index >= 15 is 0 Å². The highest BCUT2D eigenvalue weighted by Crippen LogP contribution is 2.64. The third kappa shape index (κ3) is 4.66. The summed E-state index contributed by atoms with van der Waals surface area (Å²) >= 11 is 2.00. The average molecular weight is 813 g/mol. The molecule has 0 amide bonds. The molecule has 0 saturated carbocycles. The van der Waals surface area contributed by atoms with Crippen LogP contribution in [0.3, 0.4) is 0 Å². The van der Waals surface area contributed by atoms with Gasteiger partial charge in [-0.1, -0.05) is 141 Å². The Bertz CT molecular complexity index is 3340. The first kappa shape index (κ1) is 36.1. The van der Waals surface area contributed by atoms with E-state index in [4.69, 9.17) is 0 Å². The summed E-state index contributed by atoms with van der Waals surface area (Å²) in [5, 5.41) is 1.32. The minimum atomic E-state index is -0.423. The van der Waals surface area contributed by atoms with Crippen molar-refractivity contribution in [3.8, 4) is 22.3 Å². The van der Waals surface area contributed by atoms with Crippen LogP contribution in [-0.4, -0.2) is 6.71 Å². The van der Waals surface area contributed by atoms with Gasteiger partial charge in [-0.05, 0) is 147 Å². The number of nitrogens with zero attached hydrogens (tertiary/aromatic N) is 2. The fourth-order valence-electron chi connectivity index (χ4n) is 11.6. The highest BCUT2D eigenvalue weighted by molar-refractivity contribution is 7.33. The second-order valence-corrected chi connectivity index (χ2v) is 20.2. The molecule has 8 aromatic carbocycles. The van der Waals surface area contributed by atoms with E-state index in [1.807, 2.05) is 11.3 Å². The van der Waals surface area contributed by atoms with Crippen molar-refractivity contribution < 1.29 is 0 Å². The number of para-hydroxylation sites is 1. The maximum Gasteiger partial charge on any atom is 0.264 e. The SMILES string of the molecule is Cc1ccc(N2c3ccccc3B3c4sc5cc6c(cc5c4N(c4ccc(C)cc4)c4cc(C)cc2c43)-c2ccc(C(C)(C)C)cc2C62c3ccccc3-c3ccccc32)cc1. The number of anilines is 6.